The minimum Gasteiger partial charge on any atom is -0.502 e. The molecule has 76 valence electrons. The Morgan fingerprint density at radius 2 is 2.00 bits per heavy atom. The van der Waals surface area contributed by atoms with Crippen molar-refractivity contribution in [2.75, 3.05) is 0 Å². The number of carbonyl (C=O) groups is 1. The topological polar surface area (TPSA) is 80.4 Å². The number of benzene rings is 1. The van der Waals surface area contributed by atoms with Gasteiger partial charge in [0.1, 0.15) is 6.29 Å². The summed E-state index contributed by atoms with van der Waals surface area (Å²) in [6, 6.07) is 3.43. The van der Waals surface area contributed by atoms with Gasteiger partial charge in [0.05, 0.1) is 4.92 Å². The van der Waals surface area contributed by atoms with Gasteiger partial charge in [0.25, 0.3) is 0 Å². The highest BCUT2D eigenvalue weighted by Gasteiger charge is 2.12. The zero-order valence-electron chi connectivity index (χ0n) is 7.93. The molecule has 0 fully saturated rings. The molecule has 0 radical (unpaired) electrons. The smallest absolute Gasteiger partial charge is 0.311 e. The number of nitro benzene ring substituents is 1. The number of hydrogen-bond acceptors (Lipinski definition) is 4. The quantitative estimate of drug-likeness (QED) is 0.447. The summed E-state index contributed by atoms with van der Waals surface area (Å²) in [5.74, 6) is -0.439. The van der Waals surface area contributed by atoms with Crippen molar-refractivity contribution in [1.29, 1.82) is 0 Å². The molecular weight excluding hydrogens is 186 g/mol. The van der Waals surface area contributed by atoms with E-state index in [1.807, 2.05) is 13.8 Å². The second-order valence-corrected chi connectivity index (χ2v) is 2.12. The van der Waals surface area contributed by atoms with E-state index in [0.717, 1.165) is 12.1 Å². The molecule has 0 atom stereocenters. The highest BCUT2D eigenvalue weighted by Crippen LogP contribution is 2.25. The molecule has 0 heterocycles. The summed E-state index contributed by atoms with van der Waals surface area (Å²) in [4.78, 5) is 19.7. The standard InChI is InChI=1S/C7H5NO4.C2H6/c9-4-5-1-2-7(10)6(3-5)8(11)12;1-2/h1-4,10H;1-2H3. The number of carbonyl (C=O) groups excluding carboxylic acids is 1. The van der Waals surface area contributed by atoms with E-state index in [1.165, 1.54) is 6.07 Å². The van der Waals surface area contributed by atoms with Gasteiger partial charge in [-0.05, 0) is 12.1 Å². The number of nitro groups is 1. The molecule has 5 heteroatoms. The van der Waals surface area contributed by atoms with Gasteiger partial charge in [-0.2, -0.15) is 0 Å². The number of aromatic hydroxyl groups is 1. The Morgan fingerprint density at radius 1 is 1.43 bits per heavy atom. The van der Waals surface area contributed by atoms with Crippen LogP contribution in [-0.4, -0.2) is 16.3 Å². The molecule has 0 saturated carbocycles. The number of nitrogens with zero attached hydrogens (tertiary/aromatic N) is 1. The molecule has 0 spiro atoms. The molecule has 1 aromatic carbocycles. The first-order valence-corrected chi connectivity index (χ1v) is 4.07. The van der Waals surface area contributed by atoms with E-state index in [-0.39, 0.29) is 5.56 Å². The summed E-state index contributed by atoms with van der Waals surface area (Å²) in [5, 5.41) is 19.2. The molecule has 0 amide bonds. The van der Waals surface area contributed by atoms with Gasteiger partial charge < -0.3 is 5.11 Å². The molecule has 5 nitrogen and oxygen atoms in total. The van der Waals surface area contributed by atoms with Crippen molar-refractivity contribution in [3.05, 3.63) is 33.9 Å². The largest absolute Gasteiger partial charge is 0.502 e. The highest BCUT2D eigenvalue weighted by atomic mass is 16.6. The fraction of sp³-hybridized carbons (Fsp3) is 0.222. The van der Waals surface area contributed by atoms with Crippen molar-refractivity contribution in [3.63, 3.8) is 0 Å². The van der Waals surface area contributed by atoms with Crippen LogP contribution < -0.4 is 0 Å². The normalized spacial score (nSPS) is 8.43. The third kappa shape index (κ3) is 2.85. The minimum atomic E-state index is -0.748. The lowest BCUT2D eigenvalue weighted by atomic mass is 10.2. The average Bonchev–Trinajstić information content (AvgIpc) is 2.21. The van der Waals surface area contributed by atoms with Crippen LogP contribution in [0.1, 0.15) is 24.2 Å². The monoisotopic (exact) mass is 197 g/mol. The lowest BCUT2D eigenvalue weighted by molar-refractivity contribution is -0.385. The third-order valence-electron chi connectivity index (χ3n) is 1.33. The Morgan fingerprint density at radius 3 is 2.43 bits per heavy atom. The first-order valence-electron chi connectivity index (χ1n) is 4.07. The van der Waals surface area contributed by atoms with Gasteiger partial charge in [-0.25, -0.2) is 0 Å². The van der Waals surface area contributed by atoms with E-state index >= 15 is 0 Å². The molecule has 0 aliphatic heterocycles. The van der Waals surface area contributed by atoms with Crippen LogP contribution >= 0.6 is 0 Å². The zero-order chi connectivity index (χ0) is 11.1. The predicted octanol–water partition coefficient (Wildman–Crippen LogP) is 2.14. The summed E-state index contributed by atoms with van der Waals surface area (Å²) < 4.78 is 0. The second-order valence-electron chi connectivity index (χ2n) is 2.12. The van der Waals surface area contributed by atoms with E-state index < -0.39 is 16.4 Å². The lowest BCUT2D eigenvalue weighted by Gasteiger charge is -1.94. The van der Waals surface area contributed by atoms with Crippen molar-refractivity contribution >= 4 is 12.0 Å². The number of rotatable bonds is 2. The molecule has 14 heavy (non-hydrogen) atoms. The fourth-order valence-corrected chi connectivity index (χ4v) is 0.760. The van der Waals surface area contributed by atoms with Crippen LogP contribution in [0.4, 0.5) is 5.69 Å². The van der Waals surface area contributed by atoms with E-state index in [2.05, 4.69) is 0 Å². The van der Waals surface area contributed by atoms with Crippen molar-refractivity contribution in [2.24, 2.45) is 0 Å². The van der Waals surface area contributed by atoms with E-state index in [1.54, 1.807) is 0 Å². The SMILES string of the molecule is CC.O=Cc1ccc(O)c([N+](=O)[O-])c1. The molecule has 0 bridgehead atoms. The number of phenolic OH excluding ortho intramolecular Hbond substituents is 1. The van der Waals surface area contributed by atoms with Crippen LogP contribution in [0, 0.1) is 10.1 Å². The van der Waals surface area contributed by atoms with Crippen molar-refractivity contribution in [1.82, 2.24) is 0 Å². The van der Waals surface area contributed by atoms with E-state index in [0.29, 0.717) is 6.29 Å². The molecule has 1 rings (SSSR count). The fourth-order valence-electron chi connectivity index (χ4n) is 0.760. The summed E-state index contributed by atoms with van der Waals surface area (Å²) in [6.07, 6.45) is 0.479. The molecular formula is C9H11NO4. The Bertz CT molecular complexity index is 336. The molecule has 1 aromatic rings. The highest BCUT2D eigenvalue weighted by molar-refractivity contribution is 5.77. The van der Waals surface area contributed by atoms with Crippen LogP contribution in [0.25, 0.3) is 0 Å². The zero-order valence-corrected chi connectivity index (χ0v) is 7.93. The van der Waals surface area contributed by atoms with Crippen molar-refractivity contribution in [2.45, 2.75) is 13.8 Å². The molecule has 1 N–H and O–H groups in total. The summed E-state index contributed by atoms with van der Waals surface area (Å²) in [6.45, 7) is 4.00. The molecule has 0 unspecified atom stereocenters. The van der Waals surface area contributed by atoms with Crippen LogP contribution in [0.3, 0.4) is 0 Å². The summed E-state index contributed by atoms with van der Waals surface area (Å²) >= 11 is 0. The second kappa shape index (κ2) is 5.69. The first-order chi connectivity index (χ1) is 6.65. The van der Waals surface area contributed by atoms with Crippen LogP contribution in [-0.2, 0) is 0 Å². The molecule has 0 aliphatic carbocycles. The summed E-state index contributed by atoms with van der Waals surface area (Å²) in [7, 11) is 0. The van der Waals surface area contributed by atoms with Crippen molar-refractivity contribution < 1.29 is 14.8 Å². The molecule has 0 aromatic heterocycles. The van der Waals surface area contributed by atoms with Gasteiger partial charge >= 0.3 is 5.69 Å². The van der Waals surface area contributed by atoms with Crippen LogP contribution in [0.15, 0.2) is 18.2 Å². The first kappa shape index (κ1) is 12.1. The van der Waals surface area contributed by atoms with Crippen LogP contribution in [0.5, 0.6) is 5.75 Å². The van der Waals surface area contributed by atoms with Gasteiger partial charge in [0, 0.05) is 11.6 Å². The van der Waals surface area contributed by atoms with Crippen LogP contribution in [0.2, 0.25) is 0 Å². The van der Waals surface area contributed by atoms with E-state index in [4.69, 9.17) is 5.11 Å². The molecule has 0 saturated heterocycles. The number of aldehydes is 1. The Labute approximate surface area is 81.1 Å². The summed E-state index contributed by atoms with van der Waals surface area (Å²) in [5.41, 5.74) is -0.292. The maximum Gasteiger partial charge on any atom is 0.311 e. The lowest BCUT2D eigenvalue weighted by Crippen LogP contribution is -1.90. The van der Waals surface area contributed by atoms with Gasteiger partial charge in [-0.1, -0.05) is 13.8 Å². The molecule has 0 aliphatic rings. The predicted molar refractivity (Wildman–Crippen MR) is 51.5 cm³/mol. The Kier molecular flexibility index (Phi) is 4.91. The number of hydrogen-bond donors (Lipinski definition) is 1. The third-order valence-corrected chi connectivity index (χ3v) is 1.33. The van der Waals surface area contributed by atoms with Gasteiger partial charge in [-0.15, -0.1) is 0 Å². The maximum absolute atomic E-state index is 10.2. The van der Waals surface area contributed by atoms with Crippen molar-refractivity contribution in [3.8, 4) is 5.75 Å². The number of phenols is 1. The minimum absolute atomic E-state index is 0.166. The average molecular weight is 197 g/mol. The Balaban J connectivity index is 0.000000791. The van der Waals surface area contributed by atoms with Gasteiger partial charge in [0.2, 0.25) is 0 Å². The van der Waals surface area contributed by atoms with E-state index in [9.17, 15) is 14.9 Å². The maximum atomic E-state index is 10.2. The van der Waals surface area contributed by atoms with Gasteiger partial charge in [0.15, 0.2) is 5.75 Å². The van der Waals surface area contributed by atoms with Gasteiger partial charge in [-0.3, -0.25) is 14.9 Å². The Hall–Kier alpha value is -1.91.